The number of hydrogen-bond acceptors (Lipinski definition) is 18. The monoisotopic (exact) mass is 1990 g/mol. The number of halogens is 7. The molecule has 0 aliphatic carbocycles. The standard InChI is InChI=1S/C29H22F4N4O2.C29H20F3N5O2.C29H26N4O2.C28H25N5O2/c1-16-7-9-19(10-8-16)36-26(38)22-11-17(13-35-25(22)29(31,32)33)21-5-4-6-23-24(21)28(2,3)27(39)37(23)20-12-18(30)14-34-15-20;1-4-17-8-11-22(35-16-17)36-26(38)20-15-18(9-10-21(20)29(30,31)32)19-12-14-34-25-24(19)28(2,3)27(39)37(25)23-7-5-6-13-33-23;1-18-11-13-21(14-12-18)32-27(34)23-16-20(17-31-19(23)2)22-8-7-9-24-26(22)29(3,4)28(35)33(24)25-10-5-6-15-30-25;1-17-9-12-19(13-10-17)31-25(34)24-18(2)11-14-21(32-24)20-7-5-8-22-23(20)28(3,4)26(35)33(22)27-29-15-6-16-30-27/h4-15H,1-3H3,(H,36,38);1,5-16H,2-3H3,(H,35,36,38);5-17H,1-4H3,(H,32,34);5-16H,1-4H3,(H,31,34). The van der Waals surface area contributed by atoms with Crippen molar-refractivity contribution in [1.82, 2.24) is 49.8 Å². The fourth-order valence-electron chi connectivity index (χ4n) is 18.3. The van der Waals surface area contributed by atoms with E-state index in [0.29, 0.717) is 96.5 Å². The molecule has 740 valence electrons. The van der Waals surface area contributed by atoms with Gasteiger partial charge in [-0.15, -0.1) is 6.42 Å². The van der Waals surface area contributed by atoms with E-state index in [1.807, 2.05) is 184 Å². The molecule has 0 atom stereocenters. The summed E-state index contributed by atoms with van der Waals surface area (Å²) >= 11 is 0. The zero-order valence-electron chi connectivity index (χ0n) is 82.0. The van der Waals surface area contributed by atoms with Gasteiger partial charge < -0.3 is 21.3 Å². The summed E-state index contributed by atoms with van der Waals surface area (Å²) in [6.45, 7) is 23.9. The van der Waals surface area contributed by atoms with E-state index in [2.05, 4.69) is 72.0 Å². The molecule has 0 bridgehead atoms. The van der Waals surface area contributed by atoms with Crippen LogP contribution in [0.5, 0.6) is 0 Å². The number of anilines is 12. The number of amides is 8. The zero-order valence-corrected chi connectivity index (χ0v) is 82.0. The number of rotatable bonds is 16. The molecule has 13 heterocycles. The Morgan fingerprint density at radius 1 is 0.372 bits per heavy atom. The number of aromatic nitrogens is 10. The number of pyridine rings is 8. The number of alkyl halides is 6. The second-order valence-electron chi connectivity index (χ2n) is 37.6. The van der Waals surface area contributed by atoms with E-state index in [9.17, 15) is 69.1 Å². The zero-order chi connectivity index (χ0) is 106. The van der Waals surface area contributed by atoms with E-state index in [-0.39, 0.29) is 52.5 Å². The summed E-state index contributed by atoms with van der Waals surface area (Å²) in [4.78, 5) is 155. The number of benzene rings is 7. The molecule has 0 saturated carbocycles. The molecule has 0 spiro atoms. The van der Waals surface area contributed by atoms with Crippen LogP contribution in [-0.2, 0) is 53.2 Å². The highest BCUT2D eigenvalue weighted by Crippen LogP contribution is 2.55. The summed E-state index contributed by atoms with van der Waals surface area (Å²) in [7, 11) is 0. The number of carbonyl (C=O) groups is 8. The minimum Gasteiger partial charge on any atom is -0.322 e. The number of carbonyl (C=O) groups excluding carboxylic acids is 8. The number of hydrogen-bond donors (Lipinski definition) is 4. The molecule has 26 nitrogen and oxygen atoms in total. The molecule has 0 unspecified atom stereocenters. The van der Waals surface area contributed by atoms with E-state index in [1.165, 1.54) is 52.7 Å². The van der Waals surface area contributed by atoms with Crippen LogP contribution in [0.2, 0.25) is 0 Å². The lowest BCUT2D eigenvalue weighted by Crippen LogP contribution is -2.34. The minimum absolute atomic E-state index is 0.0417. The molecule has 8 amide bonds. The lowest BCUT2D eigenvalue weighted by atomic mass is 9.81. The van der Waals surface area contributed by atoms with Gasteiger partial charge in [0.1, 0.15) is 34.8 Å². The molecule has 0 radical (unpaired) electrons. The Bertz CT molecular complexity index is 7810. The van der Waals surface area contributed by atoms with Gasteiger partial charge in [0.15, 0.2) is 5.69 Å². The summed E-state index contributed by atoms with van der Waals surface area (Å²) in [6, 6.07) is 66.5. The second-order valence-corrected chi connectivity index (χ2v) is 37.6. The Morgan fingerprint density at radius 3 is 1.38 bits per heavy atom. The highest BCUT2D eigenvalue weighted by molar-refractivity contribution is 6.18. The molecular formula is C115H93F7N18O8. The summed E-state index contributed by atoms with van der Waals surface area (Å²) in [5.41, 5.74) is 9.47. The predicted molar refractivity (Wildman–Crippen MR) is 551 cm³/mol. The van der Waals surface area contributed by atoms with E-state index in [0.717, 1.165) is 97.7 Å². The number of nitrogens with one attached hydrogen (secondary N) is 4. The quantitative estimate of drug-likeness (QED) is 0.0516. The molecule has 16 aromatic rings. The molecule has 4 aliphatic rings. The van der Waals surface area contributed by atoms with Crippen molar-refractivity contribution >= 4 is 116 Å². The van der Waals surface area contributed by atoms with Crippen LogP contribution in [0.3, 0.4) is 0 Å². The first-order valence-electron chi connectivity index (χ1n) is 46.5. The molecular weight excluding hydrogens is 1890 g/mol. The Hall–Kier alpha value is -18.4. The first-order valence-corrected chi connectivity index (χ1v) is 46.5. The molecule has 0 saturated heterocycles. The third-order valence-corrected chi connectivity index (χ3v) is 25.8. The fraction of sp³-hybridized carbons (Fsp3) is 0.165. The molecule has 7 aromatic carbocycles. The van der Waals surface area contributed by atoms with Crippen molar-refractivity contribution in [2.24, 2.45) is 0 Å². The largest absolute Gasteiger partial charge is 0.434 e. The van der Waals surface area contributed by atoms with Gasteiger partial charge in [0.2, 0.25) is 29.6 Å². The number of terminal acetylenes is 1. The van der Waals surface area contributed by atoms with Gasteiger partial charge in [-0.25, -0.2) is 49.1 Å². The van der Waals surface area contributed by atoms with Crippen LogP contribution in [-0.4, -0.2) is 97.1 Å². The summed E-state index contributed by atoms with van der Waals surface area (Å²) in [6.07, 6.45) is 10.0. The lowest BCUT2D eigenvalue weighted by Gasteiger charge is -2.21. The van der Waals surface area contributed by atoms with Crippen LogP contribution in [0.1, 0.15) is 164 Å². The SMILES string of the molecule is C#Cc1ccc(NC(=O)c2cc(-c3ccnc4c3C(C)(C)C(=O)N4c3ccccn3)ccc2C(F)(F)F)nc1.Cc1ccc(NC(=O)c2cc(-c3cccc4c3C(C)(C)C(=O)N4c3ccccn3)cnc2C)cc1.Cc1ccc(NC(=O)c2cc(-c3cccc4c3C(C)(C)C(=O)N4c3cncc(F)c3)cnc2C(F)(F)F)cc1.Cc1ccc(NC(=O)c2nc(-c3cccc4c3C(C)(C)C(=O)N4c3ncccn3)ccc2C)cc1. The van der Waals surface area contributed by atoms with E-state index in [1.54, 1.807) is 141 Å². The third-order valence-electron chi connectivity index (χ3n) is 25.8. The molecule has 4 aliphatic heterocycles. The van der Waals surface area contributed by atoms with Crippen molar-refractivity contribution in [3.8, 4) is 57.0 Å². The Morgan fingerprint density at radius 2 is 0.845 bits per heavy atom. The first-order chi connectivity index (χ1) is 70.4. The van der Waals surface area contributed by atoms with Crippen molar-refractivity contribution in [2.75, 3.05) is 40.9 Å². The van der Waals surface area contributed by atoms with Gasteiger partial charge in [-0.3, -0.25) is 63.1 Å². The van der Waals surface area contributed by atoms with Crippen LogP contribution in [0, 0.1) is 52.8 Å². The van der Waals surface area contributed by atoms with Crippen LogP contribution in [0.4, 0.5) is 99.8 Å². The fourth-order valence-corrected chi connectivity index (χ4v) is 18.3. The molecule has 9 aromatic heterocycles. The van der Waals surface area contributed by atoms with Crippen LogP contribution in [0.15, 0.2) is 299 Å². The van der Waals surface area contributed by atoms with Crippen molar-refractivity contribution in [3.05, 3.63) is 394 Å². The maximum absolute atomic E-state index is 14.0. The average Bonchev–Trinajstić information content (AvgIpc) is 1.58. The first kappa shape index (κ1) is 101. The molecule has 33 heteroatoms. The second kappa shape index (κ2) is 40.1. The van der Waals surface area contributed by atoms with Crippen LogP contribution in [0.25, 0.3) is 44.6 Å². The van der Waals surface area contributed by atoms with Crippen molar-refractivity contribution < 1.29 is 69.1 Å². The summed E-state index contributed by atoms with van der Waals surface area (Å²) in [5.74, 6) is 0.106. The Balaban J connectivity index is 0.000000135. The van der Waals surface area contributed by atoms with E-state index in [4.69, 9.17) is 11.4 Å². The normalized spacial score (nSPS) is 14.1. The number of aryl methyl sites for hydroxylation is 5. The van der Waals surface area contributed by atoms with Crippen LogP contribution < -0.4 is 40.9 Å². The molecule has 0 fully saturated rings. The molecule has 4 N–H and O–H groups in total. The van der Waals surface area contributed by atoms with Gasteiger partial charge in [0.05, 0.1) is 90.4 Å². The van der Waals surface area contributed by atoms with Crippen LogP contribution >= 0.6 is 0 Å². The average molecular weight is 1990 g/mol. The molecule has 20 rings (SSSR count). The smallest absolute Gasteiger partial charge is 0.322 e. The van der Waals surface area contributed by atoms with Gasteiger partial charge in [-0.1, -0.05) is 120 Å². The van der Waals surface area contributed by atoms with Gasteiger partial charge in [-0.05, 0) is 262 Å². The predicted octanol–water partition coefficient (Wildman–Crippen LogP) is 23.9. The van der Waals surface area contributed by atoms with Crippen molar-refractivity contribution in [1.29, 1.82) is 0 Å². The molecule has 148 heavy (non-hydrogen) atoms. The highest BCUT2D eigenvalue weighted by Gasteiger charge is 2.52. The van der Waals surface area contributed by atoms with E-state index >= 15 is 0 Å². The van der Waals surface area contributed by atoms with Gasteiger partial charge in [-0.2, -0.15) is 26.3 Å². The number of fused-ring (bicyclic) bond motifs is 4. The van der Waals surface area contributed by atoms with Crippen molar-refractivity contribution in [3.63, 3.8) is 0 Å². The maximum Gasteiger partial charge on any atom is 0.434 e. The van der Waals surface area contributed by atoms with Crippen molar-refractivity contribution in [2.45, 2.75) is 124 Å². The summed E-state index contributed by atoms with van der Waals surface area (Å²) in [5, 5.41) is 10.8. The summed E-state index contributed by atoms with van der Waals surface area (Å²) < 4.78 is 97.3. The minimum atomic E-state index is -4.88. The topological polar surface area (TPSA) is 327 Å². The Kier molecular flexibility index (Phi) is 27.4. The number of nitrogens with zero attached hydrogens (tertiary/aromatic N) is 14. The van der Waals surface area contributed by atoms with E-state index < -0.39 is 74.0 Å². The highest BCUT2D eigenvalue weighted by atomic mass is 19.4. The van der Waals surface area contributed by atoms with Gasteiger partial charge in [0, 0.05) is 106 Å². The third kappa shape index (κ3) is 19.8. The maximum atomic E-state index is 14.0. The Labute approximate surface area is 846 Å². The van der Waals surface area contributed by atoms with Gasteiger partial charge in [0.25, 0.3) is 23.6 Å². The lowest BCUT2D eigenvalue weighted by molar-refractivity contribution is -0.141. The van der Waals surface area contributed by atoms with Gasteiger partial charge >= 0.3 is 12.4 Å².